The highest BCUT2D eigenvalue weighted by atomic mass is 16.5. The molecule has 2 aromatic rings. The highest BCUT2D eigenvalue weighted by molar-refractivity contribution is 5.33. The number of rotatable bonds is 4. The van der Waals surface area contributed by atoms with Crippen molar-refractivity contribution in [3.8, 4) is 5.75 Å². The summed E-state index contributed by atoms with van der Waals surface area (Å²) in [6.45, 7) is 12.0. The van der Waals surface area contributed by atoms with Crippen molar-refractivity contribution < 1.29 is 4.74 Å². The summed E-state index contributed by atoms with van der Waals surface area (Å²) >= 11 is 0. The molecular formula is C20H27N3O. The lowest BCUT2D eigenvalue weighted by molar-refractivity contribution is 0.236. The lowest BCUT2D eigenvalue weighted by Crippen LogP contribution is -2.32. The van der Waals surface area contributed by atoms with Gasteiger partial charge in [-0.15, -0.1) is 0 Å². The smallest absolute Gasteiger partial charge is 0.133 e. The molecule has 0 fully saturated rings. The summed E-state index contributed by atoms with van der Waals surface area (Å²) in [5, 5.41) is 0. The van der Waals surface area contributed by atoms with Gasteiger partial charge in [0.1, 0.15) is 11.6 Å². The van der Waals surface area contributed by atoms with Gasteiger partial charge in [-0.3, -0.25) is 4.90 Å². The SMILES string of the molecule is CCOc1ccccc1CN1CCc2nc(C(C)(C)C)ncc2C1. The van der Waals surface area contributed by atoms with Crippen molar-refractivity contribution in [2.45, 2.75) is 52.6 Å². The minimum Gasteiger partial charge on any atom is -0.494 e. The van der Waals surface area contributed by atoms with Gasteiger partial charge in [0.25, 0.3) is 0 Å². The molecule has 4 nitrogen and oxygen atoms in total. The van der Waals surface area contributed by atoms with Crippen LogP contribution in [0.2, 0.25) is 0 Å². The Balaban J connectivity index is 1.74. The van der Waals surface area contributed by atoms with E-state index >= 15 is 0 Å². The van der Waals surface area contributed by atoms with Gasteiger partial charge >= 0.3 is 0 Å². The molecule has 0 saturated heterocycles. The maximum absolute atomic E-state index is 5.75. The fourth-order valence-corrected chi connectivity index (χ4v) is 3.04. The Morgan fingerprint density at radius 2 is 2.00 bits per heavy atom. The molecule has 4 heteroatoms. The molecular weight excluding hydrogens is 298 g/mol. The molecule has 0 radical (unpaired) electrons. The van der Waals surface area contributed by atoms with Gasteiger partial charge in [0.15, 0.2) is 0 Å². The Morgan fingerprint density at radius 3 is 2.75 bits per heavy atom. The molecule has 0 bridgehead atoms. The third-order valence-electron chi connectivity index (χ3n) is 4.35. The number of hydrogen-bond acceptors (Lipinski definition) is 4. The molecule has 2 heterocycles. The quantitative estimate of drug-likeness (QED) is 0.858. The van der Waals surface area contributed by atoms with Crippen molar-refractivity contribution in [3.05, 3.63) is 53.1 Å². The summed E-state index contributed by atoms with van der Waals surface area (Å²) in [5.41, 5.74) is 3.71. The number of ether oxygens (including phenoxy) is 1. The first-order chi connectivity index (χ1) is 11.5. The molecule has 0 amide bonds. The second-order valence-corrected chi connectivity index (χ2v) is 7.42. The number of para-hydroxylation sites is 1. The molecule has 0 spiro atoms. The van der Waals surface area contributed by atoms with Crippen LogP contribution in [0.15, 0.2) is 30.5 Å². The second kappa shape index (κ2) is 6.89. The van der Waals surface area contributed by atoms with Crippen LogP contribution in [-0.2, 0) is 24.9 Å². The maximum atomic E-state index is 5.75. The summed E-state index contributed by atoms with van der Waals surface area (Å²) in [4.78, 5) is 11.8. The number of nitrogens with zero attached hydrogens (tertiary/aromatic N) is 3. The molecule has 1 aliphatic rings. The Kier molecular flexibility index (Phi) is 4.86. The van der Waals surface area contributed by atoms with E-state index in [4.69, 9.17) is 9.72 Å². The molecule has 3 rings (SSSR count). The average Bonchev–Trinajstić information content (AvgIpc) is 2.55. The van der Waals surface area contributed by atoms with E-state index in [1.807, 2.05) is 19.2 Å². The van der Waals surface area contributed by atoms with Crippen molar-refractivity contribution in [1.82, 2.24) is 14.9 Å². The van der Waals surface area contributed by atoms with Crippen LogP contribution in [0.4, 0.5) is 0 Å². The van der Waals surface area contributed by atoms with Crippen molar-refractivity contribution in [1.29, 1.82) is 0 Å². The number of hydrogen-bond donors (Lipinski definition) is 0. The lowest BCUT2D eigenvalue weighted by atomic mass is 9.95. The van der Waals surface area contributed by atoms with E-state index in [9.17, 15) is 0 Å². The third kappa shape index (κ3) is 3.75. The van der Waals surface area contributed by atoms with E-state index in [1.165, 1.54) is 16.8 Å². The van der Waals surface area contributed by atoms with E-state index in [1.54, 1.807) is 0 Å². The van der Waals surface area contributed by atoms with Gasteiger partial charge in [-0.25, -0.2) is 9.97 Å². The van der Waals surface area contributed by atoms with Crippen LogP contribution in [0, 0.1) is 0 Å². The van der Waals surface area contributed by atoms with E-state index in [2.05, 4.69) is 48.9 Å². The van der Waals surface area contributed by atoms with Crippen molar-refractivity contribution in [2.75, 3.05) is 13.2 Å². The van der Waals surface area contributed by atoms with Crippen LogP contribution >= 0.6 is 0 Å². The summed E-state index contributed by atoms with van der Waals surface area (Å²) in [7, 11) is 0. The predicted octanol–water partition coefficient (Wildman–Crippen LogP) is 3.73. The van der Waals surface area contributed by atoms with E-state index < -0.39 is 0 Å². The number of aromatic nitrogens is 2. The average molecular weight is 325 g/mol. The minimum atomic E-state index is 0.00258. The first-order valence-corrected chi connectivity index (χ1v) is 8.75. The maximum Gasteiger partial charge on any atom is 0.133 e. The van der Waals surface area contributed by atoms with Crippen LogP contribution < -0.4 is 4.74 Å². The van der Waals surface area contributed by atoms with Gasteiger partial charge in [-0.1, -0.05) is 39.0 Å². The molecule has 0 unspecified atom stereocenters. The molecule has 0 N–H and O–H groups in total. The van der Waals surface area contributed by atoms with Gasteiger partial charge in [-0.2, -0.15) is 0 Å². The Labute approximate surface area is 144 Å². The van der Waals surface area contributed by atoms with Crippen molar-refractivity contribution in [3.63, 3.8) is 0 Å². The summed E-state index contributed by atoms with van der Waals surface area (Å²) in [5.74, 6) is 1.93. The predicted molar refractivity (Wildman–Crippen MR) is 96.2 cm³/mol. The highest BCUT2D eigenvalue weighted by Crippen LogP contribution is 2.25. The summed E-state index contributed by atoms with van der Waals surface area (Å²) in [6.07, 6.45) is 3.00. The fraction of sp³-hybridized carbons (Fsp3) is 0.500. The summed E-state index contributed by atoms with van der Waals surface area (Å²) < 4.78 is 5.75. The van der Waals surface area contributed by atoms with E-state index in [-0.39, 0.29) is 5.41 Å². The summed E-state index contributed by atoms with van der Waals surface area (Å²) in [6, 6.07) is 8.31. The molecule has 0 atom stereocenters. The zero-order chi connectivity index (χ0) is 17.2. The first kappa shape index (κ1) is 16.9. The van der Waals surface area contributed by atoms with Gasteiger partial charge in [-0.05, 0) is 13.0 Å². The molecule has 24 heavy (non-hydrogen) atoms. The van der Waals surface area contributed by atoms with E-state index in [0.717, 1.165) is 37.6 Å². The Bertz CT molecular complexity index is 706. The minimum absolute atomic E-state index is 0.00258. The largest absolute Gasteiger partial charge is 0.494 e. The second-order valence-electron chi connectivity index (χ2n) is 7.42. The van der Waals surface area contributed by atoms with Gasteiger partial charge in [0.05, 0.1) is 6.61 Å². The number of fused-ring (bicyclic) bond motifs is 1. The van der Waals surface area contributed by atoms with Gasteiger partial charge in [0.2, 0.25) is 0 Å². The van der Waals surface area contributed by atoms with Crippen molar-refractivity contribution in [2.24, 2.45) is 0 Å². The zero-order valence-electron chi connectivity index (χ0n) is 15.2. The van der Waals surface area contributed by atoms with E-state index in [0.29, 0.717) is 6.61 Å². The van der Waals surface area contributed by atoms with Gasteiger partial charge < -0.3 is 4.74 Å². The zero-order valence-corrected chi connectivity index (χ0v) is 15.2. The Hall–Kier alpha value is -1.94. The van der Waals surface area contributed by atoms with Crippen LogP contribution in [0.25, 0.3) is 0 Å². The molecule has 0 saturated carbocycles. The molecule has 1 aromatic carbocycles. The van der Waals surface area contributed by atoms with Crippen LogP contribution in [0.5, 0.6) is 5.75 Å². The third-order valence-corrected chi connectivity index (χ3v) is 4.35. The topological polar surface area (TPSA) is 38.2 Å². The highest BCUT2D eigenvalue weighted by Gasteiger charge is 2.23. The molecule has 128 valence electrons. The lowest BCUT2D eigenvalue weighted by Gasteiger charge is -2.29. The van der Waals surface area contributed by atoms with Crippen molar-refractivity contribution >= 4 is 0 Å². The molecule has 0 aliphatic carbocycles. The fourth-order valence-electron chi connectivity index (χ4n) is 3.04. The van der Waals surface area contributed by atoms with Crippen LogP contribution in [0.1, 0.15) is 50.3 Å². The molecule has 1 aliphatic heterocycles. The van der Waals surface area contributed by atoms with Crippen LogP contribution in [0.3, 0.4) is 0 Å². The monoisotopic (exact) mass is 325 g/mol. The normalized spacial score (nSPS) is 15.2. The van der Waals surface area contributed by atoms with Crippen LogP contribution in [-0.4, -0.2) is 28.0 Å². The first-order valence-electron chi connectivity index (χ1n) is 8.75. The number of benzene rings is 1. The van der Waals surface area contributed by atoms with Gasteiger partial charge in [0, 0.05) is 54.5 Å². The standard InChI is InChI=1S/C20H27N3O/c1-5-24-18-9-7-6-8-15(18)13-23-11-10-17-16(14-23)12-21-19(22-17)20(2,3)4/h6-9,12H,5,10-11,13-14H2,1-4H3. The Morgan fingerprint density at radius 1 is 1.21 bits per heavy atom. The molecule has 1 aromatic heterocycles.